The zero-order valence-corrected chi connectivity index (χ0v) is 12.5. The first-order valence-corrected chi connectivity index (χ1v) is 8.14. The van der Waals surface area contributed by atoms with Gasteiger partial charge in [-0.05, 0) is 17.5 Å². The van der Waals surface area contributed by atoms with Crippen molar-refractivity contribution >= 4 is 22.0 Å². The Balaban J connectivity index is 2.47. The van der Waals surface area contributed by atoms with E-state index in [9.17, 15) is 8.42 Å². The van der Waals surface area contributed by atoms with Crippen molar-refractivity contribution < 1.29 is 8.42 Å². The summed E-state index contributed by atoms with van der Waals surface area (Å²) in [4.78, 5) is 0.289. The maximum Gasteiger partial charge on any atom is 0.249 e. The Bertz CT molecular complexity index is 487. The summed E-state index contributed by atoms with van der Waals surface area (Å²) in [5.41, 5.74) is 0.124. The van der Waals surface area contributed by atoms with Gasteiger partial charge >= 0.3 is 0 Å². The van der Waals surface area contributed by atoms with Gasteiger partial charge in [0.25, 0.3) is 0 Å². The number of rotatable bonds is 5. The minimum absolute atomic E-state index is 0.124. The molecular formula is C13H19NO2S2. The van der Waals surface area contributed by atoms with Gasteiger partial charge in [-0.3, -0.25) is 0 Å². The van der Waals surface area contributed by atoms with Crippen LogP contribution in [0.2, 0.25) is 0 Å². The van der Waals surface area contributed by atoms with E-state index in [-0.39, 0.29) is 10.3 Å². The summed E-state index contributed by atoms with van der Waals surface area (Å²) in [5.74, 6) is 0.614. The van der Waals surface area contributed by atoms with Gasteiger partial charge in [-0.1, -0.05) is 63.1 Å². The van der Waals surface area contributed by atoms with E-state index in [0.29, 0.717) is 5.75 Å². The predicted octanol–water partition coefficient (Wildman–Crippen LogP) is 3.22. The van der Waals surface area contributed by atoms with Crippen molar-refractivity contribution in [3.63, 3.8) is 0 Å². The van der Waals surface area contributed by atoms with Crippen LogP contribution in [0.1, 0.15) is 20.8 Å². The molecule has 0 aromatic heterocycles. The first kappa shape index (κ1) is 15.3. The van der Waals surface area contributed by atoms with E-state index in [1.165, 1.54) is 11.9 Å². The van der Waals surface area contributed by atoms with Crippen LogP contribution in [-0.2, 0) is 10.0 Å². The normalized spacial score (nSPS) is 13.1. The molecule has 100 valence electrons. The lowest BCUT2D eigenvalue weighted by Gasteiger charge is -2.10. The maximum absolute atomic E-state index is 11.8. The fourth-order valence-corrected chi connectivity index (χ4v) is 3.19. The van der Waals surface area contributed by atoms with Gasteiger partial charge in [0.15, 0.2) is 0 Å². The Morgan fingerprint density at radius 3 is 2.39 bits per heavy atom. The summed E-state index contributed by atoms with van der Waals surface area (Å²) in [6.45, 7) is 6.30. The van der Waals surface area contributed by atoms with Gasteiger partial charge in [-0.2, -0.15) is 4.13 Å². The average Bonchev–Trinajstić information content (AvgIpc) is 2.28. The van der Waals surface area contributed by atoms with Crippen molar-refractivity contribution in [3.05, 3.63) is 42.5 Å². The largest absolute Gasteiger partial charge is 0.249 e. The predicted molar refractivity (Wildman–Crippen MR) is 77.8 cm³/mol. The van der Waals surface area contributed by atoms with E-state index in [4.69, 9.17) is 0 Å². The quantitative estimate of drug-likeness (QED) is 0.513. The summed E-state index contributed by atoms with van der Waals surface area (Å²) in [6.07, 6.45) is 4.04. The third kappa shape index (κ3) is 5.71. The molecule has 5 heteroatoms. The molecule has 0 bridgehead atoms. The van der Waals surface area contributed by atoms with E-state index < -0.39 is 10.0 Å². The molecule has 0 amide bonds. The van der Waals surface area contributed by atoms with Crippen LogP contribution < -0.4 is 4.13 Å². The molecule has 3 nitrogen and oxygen atoms in total. The highest BCUT2D eigenvalue weighted by Crippen LogP contribution is 2.15. The first-order valence-electron chi connectivity index (χ1n) is 5.68. The van der Waals surface area contributed by atoms with E-state index in [1.807, 2.05) is 6.08 Å². The van der Waals surface area contributed by atoms with E-state index in [1.54, 1.807) is 30.3 Å². The smallest absolute Gasteiger partial charge is 0.206 e. The molecule has 0 saturated carbocycles. The lowest BCUT2D eigenvalue weighted by Crippen LogP contribution is -2.16. The Morgan fingerprint density at radius 2 is 1.83 bits per heavy atom. The molecule has 0 radical (unpaired) electrons. The van der Waals surface area contributed by atoms with Crippen molar-refractivity contribution in [3.8, 4) is 0 Å². The van der Waals surface area contributed by atoms with Gasteiger partial charge < -0.3 is 0 Å². The number of allylic oxidation sites excluding steroid dienone is 1. The molecule has 0 unspecified atom stereocenters. The van der Waals surface area contributed by atoms with Gasteiger partial charge in [0.2, 0.25) is 10.0 Å². The highest BCUT2D eigenvalue weighted by atomic mass is 32.3. The standard InChI is InChI=1S/C13H19NO2S2/c1-13(2,3)10-7-11-17-14-18(15,16)12-8-5-4-6-9-12/h4-10,14H,11H2,1-3H3. The van der Waals surface area contributed by atoms with Crippen LogP contribution in [-0.4, -0.2) is 14.2 Å². The number of hydrogen-bond acceptors (Lipinski definition) is 3. The van der Waals surface area contributed by atoms with Gasteiger partial charge in [0.05, 0.1) is 4.90 Å². The van der Waals surface area contributed by atoms with Crippen LogP contribution in [0.3, 0.4) is 0 Å². The Morgan fingerprint density at radius 1 is 1.22 bits per heavy atom. The summed E-state index contributed by atoms with van der Waals surface area (Å²) in [7, 11) is -3.40. The molecule has 18 heavy (non-hydrogen) atoms. The first-order chi connectivity index (χ1) is 8.31. The Hall–Kier alpha value is -0.780. The van der Waals surface area contributed by atoms with Crippen LogP contribution in [0.5, 0.6) is 0 Å². The Kier molecular flexibility index (Phi) is 5.44. The fraction of sp³-hybridized carbons (Fsp3) is 0.385. The van der Waals surface area contributed by atoms with Gasteiger partial charge in [-0.15, -0.1) is 0 Å². The van der Waals surface area contributed by atoms with E-state index in [0.717, 1.165) is 0 Å². The topological polar surface area (TPSA) is 46.2 Å². The summed E-state index contributed by atoms with van der Waals surface area (Å²) in [6, 6.07) is 8.36. The number of hydrogen-bond donors (Lipinski definition) is 1. The molecule has 0 aliphatic carbocycles. The molecule has 1 N–H and O–H groups in total. The average molecular weight is 285 g/mol. The molecule has 0 spiro atoms. The summed E-state index contributed by atoms with van der Waals surface area (Å²) < 4.78 is 26.2. The highest BCUT2D eigenvalue weighted by Gasteiger charge is 2.12. The molecule has 1 rings (SSSR count). The molecule has 0 aliphatic heterocycles. The third-order valence-electron chi connectivity index (χ3n) is 2.02. The molecule has 1 aromatic carbocycles. The summed E-state index contributed by atoms with van der Waals surface area (Å²) >= 11 is 1.17. The lowest BCUT2D eigenvalue weighted by molar-refractivity contribution is 0.543. The lowest BCUT2D eigenvalue weighted by atomic mass is 9.97. The third-order valence-corrected chi connectivity index (χ3v) is 4.62. The molecule has 0 heterocycles. The zero-order chi connectivity index (χ0) is 13.6. The van der Waals surface area contributed by atoms with Crippen LogP contribution in [0.25, 0.3) is 0 Å². The van der Waals surface area contributed by atoms with Crippen molar-refractivity contribution in [2.24, 2.45) is 5.41 Å². The molecule has 0 aliphatic rings. The molecule has 0 fully saturated rings. The monoisotopic (exact) mass is 285 g/mol. The second-order valence-corrected chi connectivity index (χ2v) is 7.75. The van der Waals surface area contributed by atoms with Gasteiger partial charge in [0.1, 0.15) is 0 Å². The second kappa shape index (κ2) is 6.41. The SMILES string of the molecule is CC(C)(C)C=CCSNS(=O)(=O)c1ccccc1. The second-order valence-electron chi connectivity index (χ2n) is 4.98. The Labute approximate surface area is 114 Å². The van der Waals surface area contributed by atoms with Crippen LogP contribution >= 0.6 is 11.9 Å². The van der Waals surface area contributed by atoms with Crippen molar-refractivity contribution in [1.82, 2.24) is 4.13 Å². The van der Waals surface area contributed by atoms with E-state index in [2.05, 4.69) is 31.0 Å². The van der Waals surface area contributed by atoms with Crippen LogP contribution in [0.15, 0.2) is 47.4 Å². The minimum atomic E-state index is -3.40. The fourth-order valence-electron chi connectivity index (χ4n) is 1.21. The van der Waals surface area contributed by atoms with E-state index >= 15 is 0 Å². The number of nitrogens with one attached hydrogen (secondary N) is 1. The molecule has 0 saturated heterocycles. The highest BCUT2D eigenvalue weighted by molar-refractivity contribution is 8.09. The number of benzene rings is 1. The zero-order valence-electron chi connectivity index (χ0n) is 10.9. The van der Waals surface area contributed by atoms with Crippen LogP contribution in [0, 0.1) is 5.41 Å². The van der Waals surface area contributed by atoms with Gasteiger partial charge in [0, 0.05) is 5.75 Å². The van der Waals surface area contributed by atoms with Gasteiger partial charge in [-0.25, -0.2) is 8.42 Å². The molecule has 0 atom stereocenters. The van der Waals surface area contributed by atoms with Crippen molar-refractivity contribution in [2.75, 3.05) is 5.75 Å². The molecular weight excluding hydrogens is 266 g/mol. The summed E-state index contributed by atoms with van der Waals surface area (Å²) in [5, 5.41) is 0. The van der Waals surface area contributed by atoms with Crippen LogP contribution in [0.4, 0.5) is 0 Å². The maximum atomic E-state index is 11.8. The minimum Gasteiger partial charge on any atom is -0.206 e. The number of sulfonamides is 1. The van der Waals surface area contributed by atoms with Crippen molar-refractivity contribution in [2.45, 2.75) is 25.7 Å². The molecule has 1 aromatic rings. The van der Waals surface area contributed by atoms with Crippen molar-refractivity contribution in [1.29, 1.82) is 0 Å².